The number of sulfonamides is 1. The third-order valence-electron chi connectivity index (χ3n) is 5.04. The summed E-state index contributed by atoms with van der Waals surface area (Å²) < 4.78 is 31.9. The summed E-state index contributed by atoms with van der Waals surface area (Å²) in [5.74, 6) is -1.41. The number of nitro groups is 1. The lowest BCUT2D eigenvalue weighted by Crippen LogP contribution is -2.35. The van der Waals surface area contributed by atoms with E-state index in [0.29, 0.717) is 18.8 Å². The Morgan fingerprint density at radius 1 is 1.03 bits per heavy atom. The van der Waals surface area contributed by atoms with E-state index in [4.69, 9.17) is 4.74 Å². The molecule has 1 aliphatic heterocycles. The van der Waals surface area contributed by atoms with Crippen LogP contribution in [0.4, 0.5) is 11.4 Å². The highest BCUT2D eigenvalue weighted by atomic mass is 32.2. The van der Waals surface area contributed by atoms with Crippen molar-refractivity contribution in [1.29, 1.82) is 0 Å². The first-order chi connectivity index (χ1) is 15.2. The fourth-order valence-electron chi connectivity index (χ4n) is 3.21. The number of nitrogens with one attached hydrogen (secondary N) is 1. The molecule has 2 aromatic rings. The molecule has 170 valence electrons. The Balaban J connectivity index is 1.58. The number of esters is 1. The normalized spacial score (nSPS) is 15.5. The van der Waals surface area contributed by atoms with Crippen molar-refractivity contribution in [3.63, 3.8) is 0 Å². The Morgan fingerprint density at radius 2 is 1.62 bits per heavy atom. The van der Waals surface area contributed by atoms with Gasteiger partial charge in [-0.3, -0.25) is 14.9 Å². The third kappa shape index (κ3) is 5.48. The van der Waals surface area contributed by atoms with Gasteiger partial charge in [0, 0.05) is 30.9 Å². The highest BCUT2D eigenvalue weighted by Crippen LogP contribution is 2.22. The van der Waals surface area contributed by atoms with Crippen LogP contribution in [0.25, 0.3) is 0 Å². The number of carbonyl (C=O) groups excluding carboxylic acids is 2. The first-order valence-corrected chi connectivity index (χ1v) is 11.5. The van der Waals surface area contributed by atoms with Gasteiger partial charge in [-0.2, -0.15) is 4.31 Å². The molecule has 0 spiro atoms. The Labute approximate surface area is 185 Å². The number of piperidine rings is 1. The first-order valence-electron chi connectivity index (χ1n) is 10.0. The van der Waals surface area contributed by atoms with Crippen LogP contribution in [0.1, 0.15) is 36.5 Å². The number of ether oxygens (including phenoxy) is 1. The highest BCUT2D eigenvalue weighted by Gasteiger charge is 2.26. The number of rotatable bonds is 7. The van der Waals surface area contributed by atoms with Gasteiger partial charge in [0.1, 0.15) is 0 Å². The van der Waals surface area contributed by atoms with Crippen LogP contribution in [0.3, 0.4) is 0 Å². The second-order valence-corrected chi connectivity index (χ2v) is 9.27. The summed E-state index contributed by atoms with van der Waals surface area (Å²) in [6.07, 6.45) is 1.55. The van der Waals surface area contributed by atoms with Crippen LogP contribution < -0.4 is 5.32 Å². The predicted molar refractivity (Wildman–Crippen MR) is 116 cm³/mol. The van der Waals surface area contributed by atoms with Crippen molar-refractivity contribution < 1.29 is 27.7 Å². The lowest BCUT2D eigenvalue weighted by molar-refractivity contribution is -0.384. The summed E-state index contributed by atoms with van der Waals surface area (Å²) in [5, 5.41) is 13.2. The maximum Gasteiger partial charge on any atom is 0.338 e. The van der Waals surface area contributed by atoms with Gasteiger partial charge in [-0.1, -0.05) is 6.42 Å². The van der Waals surface area contributed by atoms with Crippen LogP contribution in [0.15, 0.2) is 53.4 Å². The lowest BCUT2D eigenvalue weighted by atomic mass is 10.2. The number of amides is 1. The van der Waals surface area contributed by atoms with Crippen molar-refractivity contribution >= 4 is 33.3 Å². The Morgan fingerprint density at radius 3 is 2.19 bits per heavy atom. The zero-order valence-corrected chi connectivity index (χ0v) is 18.2. The molecule has 1 fully saturated rings. The fourth-order valence-corrected chi connectivity index (χ4v) is 4.73. The van der Waals surface area contributed by atoms with Crippen LogP contribution in [-0.2, 0) is 19.6 Å². The first kappa shape index (κ1) is 23.4. The molecule has 11 heteroatoms. The second kappa shape index (κ2) is 9.88. The molecule has 1 heterocycles. The molecular formula is C21H23N3O7S. The molecule has 0 radical (unpaired) electrons. The van der Waals surface area contributed by atoms with E-state index in [1.807, 2.05) is 0 Å². The zero-order valence-electron chi connectivity index (χ0n) is 17.4. The number of hydrogen-bond acceptors (Lipinski definition) is 7. The Hall–Kier alpha value is -3.31. The van der Waals surface area contributed by atoms with Crippen LogP contribution >= 0.6 is 0 Å². The predicted octanol–water partition coefficient (Wildman–Crippen LogP) is 2.95. The number of carbonyl (C=O) groups is 2. The molecule has 0 aliphatic carbocycles. The molecular weight excluding hydrogens is 438 g/mol. The molecule has 1 atom stereocenters. The van der Waals surface area contributed by atoms with E-state index < -0.39 is 32.9 Å². The minimum absolute atomic E-state index is 0.0718. The average molecular weight is 461 g/mol. The maximum absolute atomic E-state index is 12.7. The van der Waals surface area contributed by atoms with Gasteiger partial charge >= 0.3 is 5.97 Å². The third-order valence-corrected chi connectivity index (χ3v) is 6.95. The van der Waals surface area contributed by atoms with Gasteiger partial charge in [0.2, 0.25) is 10.0 Å². The van der Waals surface area contributed by atoms with E-state index in [2.05, 4.69) is 5.32 Å². The van der Waals surface area contributed by atoms with Crippen LogP contribution in [0, 0.1) is 10.1 Å². The highest BCUT2D eigenvalue weighted by molar-refractivity contribution is 7.89. The molecule has 0 saturated carbocycles. The van der Waals surface area contributed by atoms with E-state index in [1.54, 1.807) is 0 Å². The molecule has 2 aromatic carbocycles. The van der Waals surface area contributed by atoms with E-state index in [1.165, 1.54) is 59.8 Å². The summed E-state index contributed by atoms with van der Waals surface area (Å²) in [6, 6.07) is 10.6. The zero-order chi connectivity index (χ0) is 23.3. The number of hydrogen-bond donors (Lipinski definition) is 1. The standard InChI is InChI=1S/C21H23N3O7S/c1-15(31-21(26)16-5-9-18(10-6-16)24(27)28)20(25)22-17-7-11-19(12-8-17)32(29,30)23-13-3-2-4-14-23/h5-12,15H,2-4,13-14H2,1H3,(H,22,25)/t15-/m0/s1. The van der Waals surface area contributed by atoms with E-state index in [9.17, 15) is 28.1 Å². The van der Waals surface area contributed by atoms with Gasteiger partial charge in [-0.25, -0.2) is 13.2 Å². The topological polar surface area (TPSA) is 136 Å². The molecule has 10 nitrogen and oxygen atoms in total. The van der Waals surface area contributed by atoms with Crippen molar-refractivity contribution in [3.8, 4) is 0 Å². The van der Waals surface area contributed by atoms with E-state index in [0.717, 1.165) is 19.3 Å². The number of non-ortho nitro benzene ring substituents is 1. The second-order valence-electron chi connectivity index (χ2n) is 7.33. The minimum Gasteiger partial charge on any atom is -0.449 e. The smallest absolute Gasteiger partial charge is 0.338 e. The monoisotopic (exact) mass is 461 g/mol. The van der Waals surface area contributed by atoms with Gasteiger partial charge in [0.15, 0.2) is 6.10 Å². The largest absolute Gasteiger partial charge is 0.449 e. The summed E-state index contributed by atoms with van der Waals surface area (Å²) in [7, 11) is -3.57. The molecule has 32 heavy (non-hydrogen) atoms. The molecule has 1 aliphatic rings. The van der Waals surface area contributed by atoms with Crippen molar-refractivity contribution in [2.75, 3.05) is 18.4 Å². The SMILES string of the molecule is C[C@H](OC(=O)c1ccc([N+](=O)[O-])cc1)C(=O)Nc1ccc(S(=O)(=O)N2CCCCC2)cc1. The average Bonchev–Trinajstić information content (AvgIpc) is 2.80. The quantitative estimate of drug-likeness (QED) is 0.380. The minimum atomic E-state index is -3.57. The van der Waals surface area contributed by atoms with Gasteiger partial charge in [0.05, 0.1) is 15.4 Å². The van der Waals surface area contributed by atoms with Crippen molar-refractivity contribution in [2.45, 2.75) is 37.2 Å². The fraction of sp³-hybridized carbons (Fsp3) is 0.333. The van der Waals surface area contributed by atoms with Gasteiger partial charge < -0.3 is 10.1 Å². The van der Waals surface area contributed by atoms with Crippen LogP contribution in [-0.4, -0.2) is 48.7 Å². The Bertz CT molecular complexity index is 1090. The van der Waals surface area contributed by atoms with E-state index in [-0.39, 0.29) is 16.1 Å². The molecule has 1 amide bonds. The van der Waals surface area contributed by atoms with Crippen LogP contribution in [0.2, 0.25) is 0 Å². The summed E-state index contributed by atoms with van der Waals surface area (Å²) in [4.78, 5) is 34.7. The Kier molecular flexibility index (Phi) is 7.21. The number of nitro benzene ring substituents is 1. The molecule has 0 bridgehead atoms. The molecule has 1 N–H and O–H groups in total. The van der Waals surface area contributed by atoms with Crippen molar-refractivity contribution in [3.05, 3.63) is 64.2 Å². The lowest BCUT2D eigenvalue weighted by Gasteiger charge is -2.25. The molecule has 3 rings (SSSR count). The molecule has 0 unspecified atom stereocenters. The van der Waals surface area contributed by atoms with Crippen molar-refractivity contribution in [1.82, 2.24) is 4.31 Å². The van der Waals surface area contributed by atoms with Gasteiger partial charge in [-0.15, -0.1) is 0 Å². The number of nitrogens with zero attached hydrogens (tertiary/aromatic N) is 2. The van der Waals surface area contributed by atoms with Gasteiger partial charge in [0.25, 0.3) is 11.6 Å². The summed E-state index contributed by atoms with van der Waals surface area (Å²) >= 11 is 0. The molecule has 1 saturated heterocycles. The maximum atomic E-state index is 12.7. The van der Waals surface area contributed by atoms with Gasteiger partial charge in [-0.05, 0) is 56.2 Å². The summed E-state index contributed by atoms with van der Waals surface area (Å²) in [6.45, 7) is 2.38. The van der Waals surface area contributed by atoms with Crippen molar-refractivity contribution in [2.24, 2.45) is 0 Å². The number of benzene rings is 2. The number of anilines is 1. The van der Waals surface area contributed by atoms with Crippen LogP contribution in [0.5, 0.6) is 0 Å². The molecule has 0 aromatic heterocycles. The van der Waals surface area contributed by atoms with E-state index >= 15 is 0 Å². The summed E-state index contributed by atoms with van der Waals surface area (Å²) in [5.41, 5.74) is 0.256.